The summed E-state index contributed by atoms with van der Waals surface area (Å²) >= 11 is 0. The lowest BCUT2D eigenvalue weighted by Gasteiger charge is -2.55. The van der Waals surface area contributed by atoms with E-state index in [1.807, 2.05) is 0 Å². The van der Waals surface area contributed by atoms with Gasteiger partial charge >= 0.3 is 0 Å². The normalized spacial score (nSPS) is 34.8. The van der Waals surface area contributed by atoms with Crippen LogP contribution in [0.2, 0.25) is 0 Å². The van der Waals surface area contributed by atoms with Crippen LogP contribution in [0.4, 0.5) is 0 Å². The molecule has 0 spiro atoms. The Balaban J connectivity index is 1.75. The lowest BCUT2D eigenvalue weighted by molar-refractivity contribution is -0.145. The maximum absolute atomic E-state index is 12.7. The Kier molecular flexibility index (Phi) is 5.93. The third kappa shape index (κ3) is 3.27. The molecule has 0 aromatic rings. The Bertz CT molecular complexity index is 410. The Morgan fingerprint density at radius 2 is 1.38 bits per heavy atom. The number of hydrogen-bond acceptors (Lipinski definition) is 1. The molecule has 3 saturated carbocycles. The summed E-state index contributed by atoms with van der Waals surface area (Å²) in [7, 11) is 0. The van der Waals surface area contributed by atoms with Gasteiger partial charge in [-0.15, -0.1) is 0 Å². The standard InChI is InChI=1S/C22H39NO/c1-2-13-21(22(20(23)24)14-7-4-8-15-22)16-11-19(12-17-21)18-9-5-3-6-10-18/h18-19H,2-17H2,1H3,(H2,23,24). The van der Waals surface area contributed by atoms with E-state index in [1.165, 1.54) is 89.9 Å². The maximum Gasteiger partial charge on any atom is 0.224 e. The first kappa shape index (κ1) is 18.3. The first-order valence-corrected chi connectivity index (χ1v) is 10.9. The number of hydrogen-bond donors (Lipinski definition) is 1. The van der Waals surface area contributed by atoms with Crippen molar-refractivity contribution < 1.29 is 4.79 Å². The van der Waals surface area contributed by atoms with Crippen LogP contribution in [0, 0.1) is 22.7 Å². The number of carbonyl (C=O) groups is 1. The van der Waals surface area contributed by atoms with E-state index >= 15 is 0 Å². The highest BCUT2D eigenvalue weighted by Gasteiger charge is 2.55. The van der Waals surface area contributed by atoms with Crippen LogP contribution in [0.5, 0.6) is 0 Å². The van der Waals surface area contributed by atoms with Gasteiger partial charge in [0.15, 0.2) is 0 Å². The average Bonchev–Trinajstić information content (AvgIpc) is 2.63. The molecule has 24 heavy (non-hydrogen) atoms. The van der Waals surface area contributed by atoms with Crippen molar-refractivity contribution in [2.45, 2.75) is 110 Å². The molecule has 2 heteroatoms. The highest BCUT2D eigenvalue weighted by Crippen LogP contribution is 2.60. The van der Waals surface area contributed by atoms with Crippen LogP contribution in [0.1, 0.15) is 110 Å². The number of rotatable bonds is 5. The molecule has 0 bridgehead atoms. The third-order valence-corrected chi connectivity index (χ3v) is 8.23. The van der Waals surface area contributed by atoms with E-state index < -0.39 is 0 Å². The maximum atomic E-state index is 12.7. The van der Waals surface area contributed by atoms with Gasteiger partial charge in [-0.05, 0) is 62.2 Å². The molecule has 3 aliphatic carbocycles. The summed E-state index contributed by atoms with van der Waals surface area (Å²) in [5.41, 5.74) is 6.13. The highest BCUT2D eigenvalue weighted by atomic mass is 16.1. The molecule has 0 aliphatic heterocycles. The molecule has 3 aliphatic rings. The third-order valence-electron chi connectivity index (χ3n) is 8.23. The minimum absolute atomic E-state index is 0.0340. The average molecular weight is 334 g/mol. The van der Waals surface area contributed by atoms with Crippen LogP contribution >= 0.6 is 0 Å². The SMILES string of the molecule is CCCC1(C2(C(N)=O)CCCCC2)CCC(C2CCCCC2)CC1. The van der Waals surface area contributed by atoms with Crippen molar-refractivity contribution in [3.05, 3.63) is 0 Å². The Labute approximate surface area is 149 Å². The minimum atomic E-state index is -0.182. The van der Waals surface area contributed by atoms with E-state index in [0.29, 0.717) is 0 Å². The predicted molar refractivity (Wildman–Crippen MR) is 101 cm³/mol. The zero-order valence-corrected chi connectivity index (χ0v) is 16.0. The summed E-state index contributed by atoms with van der Waals surface area (Å²) in [6.45, 7) is 2.30. The van der Waals surface area contributed by atoms with Gasteiger partial charge in [0.2, 0.25) is 5.91 Å². The smallest absolute Gasteiger partial charge is 0.224 e. The van der Waals surface area contributed by atoms with Crippen LogP contribution in [0.3, 0.4) is 0 Å². The zero-order chi connectivity index (χ0) is 17.0. The van der Waals surface area contributed by atoms with Gasteiger partial charge in [-0.25, -0.2) is 0 Å². The summed E-state index contributed by atoms with van der Waals surface area (Å²) in [6.07, 6.45) is 20.8. The fourth-order valence-corrected chi connectivity index (χ4v) is 6.91. The van der Waals surface area contributed by atoms with E-state index in [9.17, 15) is 4.79 Å². The number of carbonyl (C=O) groups excluding carboxylic acids is 1. The summed E-state index contributed by atoms with van der Waals surface area (Å²) in [5.74, 6) is 1.95. The van der Waals surface area contributed by atoms with Gasteiger partial charge in [0.25, 0.3) is 0 Å². The van der Waals surface area contributed by atoms with Crippen molar-refractivity contribution in [1.29, 1.82) is 0 Å². The first-order valence-electron chi connectivity index (χ1n) is 10.9. The largest absolute Gasteiger partial charge is 0.369 e. The molecular weight excluding hydrogens is 294 g/mol. The quantitative estimate of drug-likeness (QED) is 0.661. The molecule has 0 aromatic carbocycles. The van der Waals surface area contributed by atoms with E-state index in [2.05, 4.69) is 6.92 Å². The zero-order valence-electron chi connectivity index (χ0n) is 16.0. The van der Waals surface area contributed by atoms with E-state index in [0.717, 1.165) is 24.7 Å². The molecule has 1 amide bonds. The lowest BCUT2D eigenvalue weighted by Crippen LogP contribution is -2.53. The van der Waals surface area contributed by atoms with E-state index in [4.69, 9.17) is 5.73 Å². The molecular formula is C22H39NO. The van der Waals surface area contributed by atoms with Gasteiger partial charge in [0.05, 0.1) is 5.41 Å². The monoisotopic (exact) mass is 333 g/mol. The molecule has 2 nitrogen and oxygen atoms in total. The van der Waals surface area contributed by atoms with Crippen LogP contribution in [-0.4, -0.2) is 5.91 Å². The molecule has 0 atom stereocenters. The number of nitrogens with two attached hydrogens (primary N) is 1. The molecule has 0 saturated heterocycles. The van der Waals surface area contributed by atoms with Crippen LogP contribution in [0.25, 0.3) is 0 Å². The lowest BCUT2D eigenvalue weighted by atomic mass is 9.49. The van der Waals surface area contributed by atoms with Gasteiger partial charge < -0.3 is 5.73 Å². The van der Waals surface area contributed by atoms with Gasteiger partial charge in [0.1, 0.15) is 0 Å². The van der Waals surface area contributed by atoms with Crippen molar-refractivity contribution in [2.24, 2.45) is 28.4 Å². The van der Waals surface area contributed by atoms with Crippen LogP contribution < -0.4 is 5.73 Å². The number of amides is 1. The van der Waals surface area contributed by atoms with Crippen molar-refractivity contribution in [3.8, 4) is 0 Å². The van der Waals surface area contributed by atoms with Crippen molar-refractivity contribution >= 4 is 5.91 Å². The van der Waals surface area contributed by atoms with Gasteiger partial charge in [-0.2, -0.15) is 0 Å². The topological polar surface area (TPSA) is 43.1 Å². The van der Waals surface area contributed by atoms with Crippen molar-refractivity contribution in [2.75, 3.05) is 0 Å². The second kappa shape index (κ2) is 7.79. The second-order valence-electron chi connectivity index (χ2n) is 9.27. The van der Waals surface area contributed by atoms with Crippen molar-refractivity contribution in [1.82, 2.24) is 0 Å². The molecule has 0 heterocycles. The molecule has 0 aromatic heterocycles. The number of primary amides is 1. The fourth-order valence-electron chi connectivity index (χ4n) is 6.91. The Hall–Kier alpha value is -0.530. The van der Waals surface area contributed by atoms with Gasteiger partial charge in [0, 0.05) is 0 Å². The molecule has 2 N–H and O–H groups in total. The Morgan fingerprint density at radius 3 is 1.92 bits per heavy atom. The summed E-state index contributed by atoms with van der Waals surface area (Å²) < 4.78 is 0. The van der Waals surface area contributed by atoms with Crippen LogP contribution in [0.15, 0.2) is 0 Å². The van der Waals surface area contributed by atoms with E-state index in [1.54, 1.807) is 0 Å². The second-order valence-corrected chi connectivity index (χ2v) is 9.27. The fraction of sp³-hybridized carbons (Fsp3) is 0.955. The summed E-state index contributed by atoms with van der Waals surface area (Å²) in [5, 5.41) is 0. The molecule has 3 fully saturated rings. The highest BCUT2D eigenvalue weighted by molar-refractivity contribution is 5.82. The minimum Gasteiger partial charge on any atom is -0.369 e. The molecule has 138 valence electrons. The van der Waals surface area contributed by atoms with E-state index in [-0.39, 0.29) is 16.7 Å². The summed E-state index contributed by atoms with van der Waals surface area (Å²) in [6, 6.07) is 0. The first-order chi connectivity index (χ1) is 11.6. The van der Waals surface area contributed by atoms with Gasteiger partial charge in [-0.1, -0.05) is 64.7 Å². The summed E-state index contributed by atoms with van der Waals surface area (Å²) in [4.78, 5) is 12.7. The predicted octanol–water partition coefficient (Wildman–Crippen LogP) is 5.98. The Morgan fingerprint density at radius 1 is 0.833 bits per heavy atom. The van der Waals surface area contributed by atoms with Crippen molar-refractivity contribution in [3.63, 3.8) is 0 Å². The van der Waals surface area contributed by atoms with Crippen LogP contribution in [-0.2, 0) is 4.79 Å². The van der Waals surface area contributed by atoms with Gasteiger partial charge in [-0.3, -0.25) is 4.79 Å². The molecule has 3 rings (SSSR count). The molecule has 0 unspecified atom stereocenters. The molecule has 0 radical (unpaired) electrons.